The minimum absolute atomic E-state index is 0.570. The summed E-state index contributed by atoms with van der Waals surface area (Å²) >= 11 is 0. The van der Waals surface area contributed by atoms with Crippen molar-refractivity contribution < 1.29 is 4.74 Å². The van der Waals surface area contributed by atoms with Gasteiger partial charge in [-0.15, -0.1) is 0 Å². The maximum Gasteiger partial charge on any atom is 0.118 e. The molecule has 1 rings (SSSR count). The number of hydrogen-bond acceptors (Lipinski definition) is 3. The SMILES string of the molecule is CCN(CCNC(C)C)CCc1ccc(OC)cc1. The van der Waals surface area contributed by atoms with E-state index in [1.807, 2.05) is 12.1 Å². The number of benzene rings is 1. The van der Waals surface area contributed by atoms with Crippen molar-refractivity contribution >= 4 is 0 Å². The molecule has 1 aromatic carbocycles. The Hall–Kier alpha value is -1.06. The molecular formula is C16H28N2O. The molecule has 3 nitrogen and oxygen atoms in total. The molecule has 0 spiro atoms. The van der Waals surface area contributed by atoms with Gasteiger partial charge >= 0.3 is 0 Å². The quantitative estimate of drug-likeness (QED) is 0.742. The summed E-state index contributed by atoms with van der Waals surface area (Å²) in [7, 11) is 1.70. The van der Waals surface area contributed by atoms with Gasteiger partial charge in [0.25, 0.3) is 0 Å². The number of rotatable bonds is 9. The highest BCUT2D eigenvalue weighted by Crippen LogP contribution is 2.11. The Kier molecular flexibility index (Phi) is 7.53. The topological polar surface area (TPSA) is 24.5 Å². The Balaban J connectivity index is 2.31. The highest BCUT2D eigenvalue weighted by Gasteiger charge is 2.03. The highest BCUT2D eigenvalue weighted by molar-refractivity contribution is 5.27. The van der Waals surface area contributed by atoms with Gasteiger partial charge in [0, 0.05) is 25.7 Å². The van der Waals surface area contributed by atoms with Crippen LogP contribution in [-0.2, 0) is 6.42 Å². The zero-order valence-corrected chi connectivity index (χ0v) is 12.8. The second-order valence-corrected chi connectivity index (χ2v) is 5.14. The second kappa shape index (κ2) is 8.94. The van der Waals surface area contributed by atoms with Crippen LogP contribution < -0.4 is 10.1 Å². The van der Waals surface area contributed by atoms with Crippen LogP contribution >= 0.6 is 0 Å². The van der Waals surface area contributed by atoms with E-state index in [1.165, 1.54) is 5.56 Å². The largest absolute Gasteiger partial charge is 0.497 e. The van der Waals surface area contributed by atoms with Gasteiger partial charge in [-0.3, -0.25) is 0 Å². The van der Waals surface area contributed by atoms with Gasteiger partial charge in [-0.2, -0.15) is 0 Å². The van der Waals surface area contributed by atoms with Crippen LogP contribution in [0.5, 0.6) is 5.75 Å². The Morgan fingerprint density at radius 1 is 1.16 bits per heavy atom. The molecule has 0 atom stereocenters. The normalized spacial score (nSPS) is 11.3. The van der Waals surface area contributed by atoms with Crippen LogP contribution in [0.3, 0.4) is 0 Å². The van der Waals surface area contributed by atoms with Gasteiger partial charge in [-0.05, 0) is 30.7 Å². The van der Waals surface area contributed by atoms with E-state index in [2.05, 4.69) is 43.1 Å². The fourth-order valence-electron chi connectivity index (χ4n) is 2.02. The van der Waals surface area contributed by atoms with E-state index in [0.717, 1.165) is 38.3 Å². The fraction of sp³-hybridized carbons (Fsp3) is 0.625. The zero-order chi connectivity index (χ0) is 14.1. The average Bonchev–Trinajstić information content (AvgIpc) is 2.42. The summed E-state index contributed by atoms with van der Waals surface area (Å²) in [6, 6.07) is 8.94. The van der Waals surface area contributed by atoms with Gasteiger partial charge < -0.3 is 15.0 Å². The summed E-state index contributed by atoms with van der Waals surface area (Å²) in [6.45, 7) is 11.0. The smallest absolute Gasteiger partial charge is 0.118 e. The zero-order valence-electron chi connectivity index (χ0n) is 12.8. The van der Waals surface area contributed by atoms with Crippen LogP contribution in [0.15, 0.2) is 24.3 Å². The molecule has 3 heteroatoms. The fourth-order valence-corrected chi connectivity index (χ4v) is 2.02. The molecule has 0 heterocycles. The molecule has 108 valence electrons. The first-order chi connectivity index (χ1) is 9.15. The average molecular weight is 264 g/mol. The molecule has 0 saturated heterocycles. The molecule has 0 aliphatic rings. The highest BCUT2D eigenvalue weighted by atomic mass is 16.5. The molecular weight excluding hydrogens is 236 g/mol. The molecule has 0 radical (unpaired) electrons. The maximum atomic E-state index is 5.17. The van der Waals surface area contributed by atoms with Gasteiger partial charge in [0.15, 0.2) is 0 Å². The lowest BCUT2D eigenvalue weighted by Gasteiger charge is -2.21. The Morgan fingerprint density at radius 2 is 1.84 bits per heavy atom. The van der Waals surface area contributed by atoms with E-state index in [1.54, 1.807) is 7.11 Å². The molecule has 0 aliphatic heterocycles. The summed E-state index contributed by atoms with van der Waals surface area (Å²) in [5, 5.41) is 3.47. The number of ether oxygens (including phenoxy) is 1. The molecule has 0 bridgehead atoms. The van der Waals surface area contributed by atoms with Crippen molar-refractivity contribution in [2.75, 3.05) is 33.3 Å². The minimum atomic E-state index is 0.570. The summed E-state index contributed by atoms with van der Waals surface area (Å²) in [5.74, 6) is 0.928. The predicted octanol–water partition coefficient (Wildman–Crippen LogP) is 2.56. The van der Waals surface area contributed by atoms with Crippen LogP contribution in [0.4, 0.5) is 0 Å². The number of nitrogens with one attached hydrogen (secondary N) is 1. The second-order valence-electron chi connectivity index (χ2n) is 5.14. The van der Waals surface area contributed by atoms with Crippen molar-refractivity contribution in [3.05, 3.63) is 29.8 Å². The number of hydrogen-bond donors (Lipinski definition) is 1. The number of nitrogens with zero attached hydrogens (tertiary/aromatic N) is 1. The van der Waals surface area contributed by atoms with Crippen molar-refractivity contribution in [2.45, 2.75) is 33.2 Å². The Morgan fingerprint density at radius 3 is 2.37 bits per heavy atom. The van der Waals surface area contributed by atoms with Crippen LogP contribution in [0.1, 0.15) is 26.3 Å². The summed E-state index contributed by atoms with van der Waals surface area (Å²) in [5.41, 5.74) is 1.37. The lowest BCUT2D eigenvalue weighted by atomic mass is 10.1. The first-order valence-corrected chi connectivity index (χ1v) is 7.24. The van der Waals surface area contributed by atoms with Gasteiger partial charge in [0.1, 0.15) is 5.75 Å². The summed E-state index contributed by atoms with van der Waals surface area (Å²) < 4.78 is 5.17. The summed E-state index contributed by atoms with van der Waals surface area (Å²) in [6.07, 6.45) is 1.10. The van der Waals surface area contributed by atoms with E-state index in [0.29, 0.717) is 6.04 Å². The van der Waals surface area contributed by atoms with E-state index in [9.17, 15) is 0 Å². The lowest BCUT2D eigenvalue weighted by molar-refractivity contribution is 0.287. The van der Waals surface area contributed by atoms with E-state index in [-0.39, 0.29) is 0 Å². The van der Waals surface area contributed by atoms with Crippen molar-refractivity contribution in [3.8, 4) is 5.75 Å². The van der Waals surface area contributed by atoms with Gasteiger partial charge in [-0.1, -0.05) is 32.9 Å². The standard InChI is InChI=1S/C16H28N2O/c1-5-18(13-11-17-14(2)3)12-10-15-6-8-16(19-4)9-7-15/h6-9,14,17H,5,10-13H2,1-4H3. The van der Waals surface area contributed by atoms with Gasteiger partial charge in [0.05, 0.1) is 7.11 Å². The predicted molar refractivity (Wildman–Crippen MR) is 82.0 cm³/mol. The maximum absolute atomic E-state index is 5.17. The van der Waals surface area contributed by atoms with Gasteiger partial charge in [0.2, 0.25) is 0 Å². The van der Waals surface area contributed by atoms with Crippen molar-refractivity contribution in [1.29, 1.82) is 0 Å². The first-order valence-electron chi connectivity index (χ1n) is 7.24. The molecule has 0 amide bonds. The lowest BCUT2D eigenvalue weighted by Crippen LogP contribution is -2.35. The molecule has 0 aliphatic carbocycles. The van der Waals surface area contributed by atoms with E-state index in [4.69, 9.17) is 4.74 Å². The van der Waals surface area contributed by atoms with Crippen LogP contribution in [0.2, 0.25) is 0 Å². The van der Waals surface area contributed by atoms with E-state index >= 15 is 0 Å². The molecule has 0 aromatic heterocycles. The third-order valence-corrected chi connectivity index (χ3v) is 3.30. The molecule has 1 N–H and O–H groups in total. The molecule has 19 heavy (non-hydrogen) atoms. The Bertz CT molecular complexity index is 335. The Labute approximate surface area is 118 Å². The van der Waals surface area contributed by atoms with Gasteiger partial charge in [-0.25, -0.2) is 0 Å². The molecule has 1 aromatic rings. The van der Waals surface area contributed by atoms with Crippen LogP contribution in [0.25, 0.3) is 0 Å². The number of methoxy groups -OCH3 is 1. The third-order valence-electron chi connectivity index (χ3n) is 3.30. The van der Waals surface area contributed by atoms with Crippen molar-refractivity contribution in [3.63, 3.8) is 0 Å². The van der Waals surface area contributed by atoms with Crippen molar-refractivity contribution in [1.82, 2.24) is 10.2 Å². The first kappa shape index (κ1) is 16.0. The van der Waals surface area contributed by atoms with Crippen LogP contribution in [0, 0.1) is 0 Å². The van der Waals surface area contributed by atoms with Crippen molar-refractivity contribution in [2.24, 2.45) is 0 Å². The molecule has 0 unspecified atom stereocenters. The monoisotopic (exact) mass is 264 g/mol. The summed E-state index contributed by atoms with van der Waals surface area (Å²) in [4.78, 5) is 2.49. The van der Waals surface area contributed by atoms with E-state index < -0.39 is 0 Å². The van der Waals surface area contributed by atoms with Crippen LogP contribution in [-0.4, -0.2) is 44.2 Å². The molecule has 0 saturated carbocycles. The third kappa shape index (κ3) is 6.60. The molecule has 0 fully saturated rings. The number of likely N-dealkylation sites (N-methyl/N-ethyl adjacent to an activating group) is 1. The minimum Gasteiger partial charge on any atom is -0.497 e.